The van der Waals surface area contributed by atoms with Gasteiger partial charge in [-0.1, -0.05) is 52.5 Å². The minimum Gasteiger partial charge on any atom is -0.480 e. The maximum atomic E-state index is 13.4. The lowest BCUT2D eigenvalue weighted by molar-refractivity contribution is -0.139. The summed E-state index contributed by atoms with van der Waals surface area (Å²) in [6.45, 7) is 3.10. The lowest BCUT2D eigenvalue weighted by Crippen LogP contribution is -2.39. The highest BCUT2D eigenvalue weighted by Crippen LogP contribution is 2.53. The molecular formula is C43H37Cl4F2N7O7. The molecule has 0 spiro atoms. The number of carbonyl (C=O) groups excluding carboxylic acids is 5. The predicted molar refractivity (Wildman–Crippen MR) is 230 cm³/mol. The number of benzene rings is 2. The molecule has 5 aliphatic rings. The smallest absolute Gasteiger partial charge is 0.320 e. The second kappa shape index (κ2) is 22.1. The van der Waals surface area contributed by atoms with Crippen LogP contribution in [0.25, 0.3) is 0 Å². The van der Waals surface area contributed by atoms with Gasteiger partial charge in [-0.3, -0.25) is 33.7 Å². The number of amides is 4. The number of aromatic nitrogens is 2. The molecule has 2 N–H and O–H groups in total. The molecule has 20 heteroatoms. The van der Waals surface area contributed by atoms with Gasteiger partial charge in [-0.25, -0.2) is 19.8 Å². The van der Waals surface area contributed by atoms with Gasteiger partial charge >= 0.3 is 5.97 Å². The Balaban J connectivity index is 0.000000178. The normalized spacial score (nSPS) is 21.7. The van der Waals surface area contributed by atoms with E-state index in [0.717, 1.165) is 55.3 Å². The third kappa shape index (κ3) is 11.9. The average Bonchev–Trinajstić information content (AvgIpc) is 4.07. The topological polar surface area (TPSA) is 194 Å². The number of pyridine rings is 2. The van der Waals surface area contributed by atoms with Gasteiger partial charge in [-0.05, 0) is 98.9 Å². The Morgan fingerprint density at radius 2 is 1.32 bits per heavy atom. The number of anilines is 2. The number of halogens is 6. The van der Waals surface area contributed by atoms with E-state index in [9.17, 15) is 37.5 Å². The van der Waals surface area contributed by atoms with Gasteiger partial charge < -0.3 is 10.4 Å². The molecule has 4 unspecified atom stereocenters. The SMILES string of the molecule is CC#N.O=C(O)[C@@H]1CCCN1.O=C1C2C(C(=O)N1c1cc(Cl)cc(Cl)c1)C(c1ccc(F)nc1)N1CCCC21.O=C1C=CC(=O)N1c1cc(Cl)cc(Cl)c1.O=Cc1ccc(F)nc1. The van der Waals surface area contributed by atoms with Gasteiger partial charge in [0, 0.05) is 69.2 Å². The van der Waals surface area contributed by atoms with Gasteiger partial charge in [0.15, 0.2) is 6.29 Å². The molecule has 4 amide bonds. The van der Waals surface area contributed by atoms with Crippen molar-refractivity contribution < 1.29 is 42.7 Å². The van der Waals surface area contributed by atoms with E-state index in [-0.39, 0.29) is 29.9 Å². The van der Waals surface area contributed by atoms with E-state index in [0.29, 0.717) is 43.3 Å². The average molecular weight is 944 g/mol. The van der Waals surface area contributed by atoms with E-state index >= 15 is 0 Å². The van der Waals surface area contributed by atoms with E-state index in [1.807, 2.05) is 0 Å². The van der Waals surface area contributed by atoms with Crippen LogP contribution in [0.5, 0.6) is 0 Å². The predicted octanol–water partition coefficient (Wildman–Crippen LogP) is 7.66. The van der Waals surface area contributed by atoms with E-state index in [4.69, 9.17) is 56.8 Å². The molecule has 5 atom stereocenters. The first kappa shape index (κ1) is 48.4. The van der Waals surface area contributed by atoms with Crippen LogP contribution in [-0.2, 0) is 24.0 Å². The first-order valence-electron chi connectivity index (χ1n) is 19.2. The second-order valence-corrected chi connectivity index (χ2v) is 16.0. The van der Waals surface area contributed by atoms with Crippen molar-refractivity contribution >= 4 is 93.7 Å². The molecule has 5 aliphatic heterocycles. The minimum absolute atomic E-state index is 0.00356. The molecule has 0 radical (unpaired) electrons. The number of aldehydes is 1. The Hall–Kier alpha value is -5.67. The van der Waals surface area contributed by atoms with Crippen LogP contribution in [0.3, 0.4) is 0 Å². The molecular weight excluding hydrogens is 906 g/mol. The molecule has 328 valence electrons. The van der Waals surface area contributed by atoms with Gasteiger partial charge in [-0.15, -0.1) is 0 Å². The quantitative estimate of drug-likeness (QED) is 0.113. The van der Waals surface area contributed by atoms with Crippen LogP contribution in [0.1, 0.15) is 54.6 Å². The highest BCUT2D eigenvalue weighted by molar-refractivity contribution is 6.37. The Bertz CT molecular complexity index is 2380. The Kier molecular flexibility index (Phi) is 17.0. The highest BCUT2D eigenvalue weighted by Gasteiger charge is 2.63. The first-order valence-corrected chi connectivity index (χ1v) is 20.7. The molecule has 4 aromatic rings. The Morgan fingerprint density at radius 3 is 1.76 bits per heavy atom. The molecule has 7 heterocycles. The molecule has 14 nitrogen and oxygen atoms in total. The number of hydrogen-bond donors (Lipinski definition) is 2. The van der Waals surface area contributed by atoms with Crippen LogP contribution >= 0.6 is 46.4 Å². The summed E-state index contributed by atoms with van der Waals surface area (Å²) in [6.07, 6.45) is 9.28. The summed E-state index contributed by atoms with van der Waals surface area (Å²) < 4.78 is 25.3. The first-order chi connectivity index (χ1) is 30.1. The monoisotopic (exact) mass is 941 g/mol. The zero-order valence-electron chi connectivity index (χ0n) is 33.1. The van der Waals surface area contributed by atoms with Crippen LogP contribution < -0.4 is 15.1 Å². The maximum absolute atomic E-state index is 13.4. The number of fused-ring (bicyclic) bond motifs is 3. The number of hydrogen-bond acceptors (Lipinski definition) is 11. The standard InChI is InChI=1S/C20H16Cl2FN3O2.C10H5Cl2NO2.C6H4FNO.C5H9NO2.C2H3N/c21-11-6-12(22)8-13(7-11)26-19(27)16-14-2-1-5-25(14)18(17(16)20(26)28)10-3-4-15(23)24-9-10;11-6-3-7(12)5-8(4-6)13-9(14)1-2-10(13)15;7-6-2-1-5(4-9)3-8-6;7-5(8)4-2-1-3-6-4;1-2-3/h3-4,6-9,14,16-18H,1-2,5H2;1-5H;1-4H;4,6H,1-3H2,(H,7,8);1H3/t;;;4-;/m...0./s1. The number of nitrogens with one attached hydrogen (secondary N) is 1. The van der Waals surface area contributed by atoms with Gasteiger partial charge in [0.25, 0.3) is 11.8 Å². The maximum Gasteiger partial charge on any atom is 0.320 e. The number of nitrogens with zero attached hydrogens (tertiary/aromatic N) is 6. The zero-order valence-corrected chi connectivity index (χ0v) is 36.2. The van der Waals surface area contributed by atoms with E-state index in [1.165, 1.54) is 66.7 Å². The molecule has 4 saturated heterocycles. The lowest BCUT2D eigenvalue weighted by Gasteiger charge is -2.28. The summed E-state index contributed by atoms with van der Waals surface area (Å²) in [5, 5.41) is 20.0. The van der Waals surface area contributed by atoms with E-state index in [1.54, 1.807) is 30.3 Å². The molecule has 0 saturated carbocycles. The van der Waals surface area contributed by atoms with Crippen molar-refractivity contribution in [1.29, 1.82) is 5.26 Å². The van der Waals surface area contributed by atoms with Crippen LogP contribution in [0.15, 0.2) is 85.2 Å². The van der Waals surface area contributed by atoms with Crippen LogP contribution in [0.4, 0.5) is 20.2 Å². The van der Waals surface area contributed by atoms with Gasteiger partial charge in [-0.2, -0.15) is 14.0 Å². The molecule has 0 aliphatic carbocycles. The summed E-state index contributed by atoms with van der Waals surface area (Å²) in [5.74, 6) is -4.08. The van der Waals surface area contributed by atoms with Crippen molar-refractivity contribution in [3.05, 3.63) is 128 Å². The number of rotatable bonds is 5. The number of carbonyl (C=O) groups is 6. The fourth-order valence-electron chi connectivity index (χ4n) is 7.76. The number of imide groups is 2. The second-order valence-electron chi connectivity index (χ2n) is 14.2. The fraction of sp³-hybridized carbons (Fsp3) is 0.279. The van der Waals surface area contributed by atoms with Crippen molar-refractivity contribution in [3.63, 3.8) is 0 Å². The Morgan fingerprint density at radius 1 is 0.794 bits per heavy atom. The van der Waals surface area contributed by atoms with Gasteiger partial charge in [0.1, 0.15) is 6.04 Å². The molecule has 0 bridgehead atoms. The minimum atomic E-state index is -0.720. The van der Waals surface area contributed by atoms with E-state index in [2.05, 4.69) is 20.2 Å². The van der Waals surface area contributed by atoms with Gasteiger partial charge in [0.2, 0.25) is 23.7 Å². The van der Waals surface area contributed by atoms with Crippen LogP contribution in [0.2, 0.25) is 20.1 Å². The number of carboxylic acid groups (broad SMARTS) is 1. The molecule has 63 heavy (non-hydrogen) atoms. The van der Waals surface area contributed by atoms with Crippen molar-refractivity contribution in [2.45, 2.75) is 50.7 Å². The molecule has 2 aromatic heterocycles. The van der Waals surface area contributed by atoms with Crippen molar-refractivity contribution in [1.82, 2.24) is 20.2 Å². The number of nitriles is 1. The number of aliphatic carboxylic acids is 1. The van der Waals surface area contributed by atoms with Crippen molar-refractivity contribution in [2.75, 3.05) is 22.9 Å². The zero-order chi connectivity index (χ0) is 46.0. The third-order valence-corrected chi connectivity index (χ3v) is 11.1. The van der Waals surface area contributed by atoms with E-state index < -0.39 is 41.5 Å². The lowest BCUT2D eigenvalue weighted by atomic mass is 9.85. The Labute approximate surface area is 380 Å². The summed E-state index contributed by atoms with van der Waals surface area (Å²) in [7, 11) is 0. The summed E-state index contributed by atoms with van der Waals surface area (Å²) in [6, 6.07) is 15.9. The van der Waals surface area contributed by atoms with Crippen molar-refractivity contribution in [2.24, 2.45) is 11.8 Å². The summed E-state index contributed by atoms with van der Waals surface area (Å²) in [5.41, 5.74) is 1.92. The van der Waals surface area contributed by atoms with Crippen LogP contribution in [0, 0.1) is 35.1 Å². The number of carboxylic acids is 1. The largest absolute Gasteiger partial charge is 0.480 e. The molecule has 9 rings (SSSR count). The highest BCUT2D eigenvalue weighted by atomic mass is 35.5. The summed E-state index contributed by atoms with van der Waals surface area (Å²) >= 11 is 23.7. The summed E-state index contributed by atoms with van der Waals surface area (Å²) in [4.78, 5) is 80.9. The van der Waals surface area contributed by atoms with Crippen molar-refractivity contribution in [3.8, 4) is 6.07 Å². The van der Waals surface area contributed by atoms with Gasteiger partial charge in [0.05, 0.1) is 29.3 Å². The van der Waals surface area contributed by atoms with Crippen LogP contribution in [-0.4, -0.2) is 81.0 Å². The molecule has 2 aromatic carbocycles. The third-order valence-electron chi connectivity index (χ3n) is 10.2. The fourth-order valence-corrected chi connectivity index (χ4v) is 8.79. The molecule has 4 fully saturated rings.